The molecule has 0 atom stereocenters. The van der Waals surface area contributed by atoms with Gasteiger partial charge in [-0.15, -0.1) is 5.10 Å². The normalized spacial score (nSPS) is 12.3. The van der Waals surface area contributed by atoms with E-state index >= 15 is 0 Å². The highest BCUT2D eigenvalue weighted by atomic mass is 32.2. The Labute approximate surface area is 175 Å². The Balaban J connectivity index is 1.75. The van der Waals surface area contributed by atoms with Crippen LogP contribution in [0.1, 0.15) is 31.9 Å². The molecule has 0 spiro atoms. The van der Waals surface area contributed by atoms with E-state index in [0.29, 0.717) is 22.7 Å². The van der Waals surface area contributed by atoms with Gasteiger partial charge in [0.05, 0.1) is 10.6 Å². The maximum atomic E-state index is 13.1. The van der Waals surface area contributed by atoms with Gasteiger partial charge < -0.3 is 0 Å². The topological polar surface area (TPSA) is 103 Å². The van der Waals surface area contributed by atoms with Crippen LogP contribution in [-0.4, -0.2) is 33.4 Å². The van der Waals surface area contributed by atoms with Gasteiger partial charge in [-0.3, -0.25) is 4.72 Å². The van der Waals surface area contributed by atoms with Gasteiger partial charge in [-0.2, -0.15) is 4.68 Å². The van der Waals surface area contributed by atoms with Gasteiger partial charge in [0.2, 0.25) is 5.65 Å². The first-order valence-corrected chi connectivity index (χ1v) is 10.9. The van der Waals surface area contributed by atoms with Crippen LogP contribution in [0.4, 0.5) is 5.69 Å². The lowest BCUT2D eigenvalue weighted by atomic mass is 9.87. The maximum absolute atomic E-state index is 13.1. The van der Waals surface area contributed by atoms with Gasteiger partial charge in [-0.1, -0.05) is 38.1 Å². The first-order valence-electron chi connectivity index (χ1n) is 9.42. The van der Waals surface area contributed by atoms with Gasteiger partial charge >= 0.3 is 0 Å². The number of nitrogens with zero attached hydrogens (tertiary/aromatic N) is 5. The highest BCUT2D eigenvalue weighted by Gasteiger charge is 2.21. The molecule has 0 radical (unpaired) electrons. The molecule has 1 aromatic carbocycles. The number of hydrogen-bond acceptors (Lipinski definition) is 6. The first-order chi connectivity index (χ1) is 14.1. The van der Waals surface area contributed by atoms with E-state index in [-0.39, 0.29) is 10.3 Å². The summed E-state index contributed by atoms with van der Waals surface area (Å²) in [5.74, 6) is 0.325. The van der Waals surface area contributed by atoms with Crippen molar-refractivity contribution in [1.82, 2.24) is 25.0 Å². The van der Waals surface area contributed by atoms with Crippen molar-refractivity contribution in [3.8, 4) is 5.82 Å². The van der Waals surface area contributed by atoms with Crippen molar-refractivity contribution in [2.45, 2.75) is 38.0 Å². The van der Waals surface area contributed by atoms with Crippen molar-refractivity contribution in [1.29, 1.82) is 0 Å². The molecule has 154 valence electrons. The number of hydrogen-bond donors (Lipinski definition) is 1. The summed E-state index contributed by atoms with van der Waals surface area (Å²) < 4.78 is 30.3. The SMILES string of the molecule is Cc1cnc(-n2nnc3ncccc32)c(NS(=O)(=O)c2ccc(C(C)(C)C)cc2)c1. The minimum absolute atomic E-state index is 0.0640. The smallest absolute Gasteiger partial charge is 0.262 e. The molecule has 4 rings (SSSR count). The molecule has 0 bridgehead atoms. The second-order valence-electron chi connectivity index (χ2n) is 8.11. The van der Waals surface area contributed by atoms with E-state index in [2.05, 4.69) is 45.8 Å². The Morgan fingerprint density at radius 2 is 1.77 bits per heavy atom. The molecular formula is C21H22N6O2S. The zero-order valence-electron chi connectivity index (χ0n) is 17.2. The van der Waals surface area contributed by atoms with Crippen molar-refractivity contribution in [2.75, 3.05) is 4.72 Å². The molecular weight excluding hydrogens is 400 g/mol. The molecule has 1 N–H and O–H groups in total. The molecule has 0 aliphatic carbocycles. The van der Waals surface area contributed by atoms with Crippen LogP contribution in [0.5, 0.6) is 0 Å². The molecule has 8 nitrogen and oxygen atoms in total. The second-order valence-corrected chi connectivity index (χ2v) is 9.79. The van der Waals surface area contributed by atoms with E-state index in [0.717, 1.165) is 11.1 Å². The van der Waals surface area contributed by atoms with Gasteiger partial charge in [0, 0.05) is 12.4 Å². The molecule has 3 heterocycles. The van der Waals surface area contributed by atoms with Gasteiger partial charge in [0.25, 0.3) is 10.0 Å². The molecule has 0 aliphatic rings. The van der Waals surface area contributed by atoms with Crippen LogP contribution in [-0.2, 0) is 15.4 Å². The van der Waals surface area contributed by atoms with Crippen LogP contribution in [0.15, 0.2) is 59.8 Å². The molecule has 0 amide bonds. The quantitative estimate of drug-likeness (QED) is 0.539. The number of sulfonamides is 1. The summed E-state index contributed by atoms with van der Waals surface area (Å²) in [4.78, 5) is 8.74. The average Bonchev–Trinajstić information content (AvgIpc) is 3.11. The van der Waals surface area contributed by atoms with Crippen LogP contribution in [0, 0.1) is 6.92 Å². The van der Waals surface area contributed by atoms with Crippen LogP contribution in [0.2, 0.25) is 0 Å². The van der Waals surface area contributed by atoms with E-state index in [4.69, 9.17) is 0 Å². The van der Waals surface area contributed by atoms with Crippen molar-refractivity contribution in [3.05, 3.63) is 66.0 Å². The number of anilines is 1. The van der Waals surface area contributed by atoms with E-state index in [1.807, 2.05) is 19.1 Å². The van der Waals surface area contributed by atoms with Crippen LogP contribution >= 0.6 is 0 Å². The van der Waals surface area contributed by atoms with Gasteiger partial charge in [-0.25, -0.2) is 18.4 Å². The number of pyridine rings is 2. The minimum atomic E-state index is -3.83. The van der Waals surface area contributed by atoms with Crippen molar-refractivity contribution < 1.29 is 8.42 Å². The number of aromatic nitrogens is 5. The minimum Gasteiger partial charge on any atom is -0.276 e. The highest BCUT2D eigenvalue weighted by molar-refractivity contribution is 7.92. The fourth-order valence-corrected chi connectivity index (χ4v) is 4.12. The second kappa shape index (κ2) is 7.17. The third-order valence-electron chi connectivity index (χ3n) is 4.70. The Hall–Kier alpha value is -3.33. The summed E-state index contributed by atoms with van der Waals surface area (Å²) in [6, 6.07) is 12.2. The van der Waals surface area contributed by atoms with Crippen molar-refractivity contribution in [2.24, 2.45) is 0 Å². The summed E-state index contributed by atoms with van der Waals surface area (Å²) in [5, 5.41) is 8.13. The molecule has 0 saturated carbocycles. The lowest BCUT2D eigenvalue weighted by molar-refractivity contribution is 0.587. The Bertz CT molecular complexity index is 1320. The lowest BCUT2D eigenvalue weighted by Gasteiger charge is -2.19. The Kier molecular flexibility index (Phi) is 4.77. The average molecular weight is 423 g/mol. The van der Waals surface area contributed by atoms with Crippen LogP contribution < -0.4 is 4.72 Å². The fraction of sp³-hybridized carbons (Fsp3) is 0.238. The van der Waals surface area contributed by atoms with E-state index in [1.54, 1.807) is 42.7 Å². The molecule has 4 aromatic rings. The predicted octanol–water partition coefficient (Wildman–Crippen LogP) is 3.62. The third-order valence-corrected chi connectivity index (χ3v) is 6.08. The summed E-state index contributed by atoms with van der Waals surface area (Å²) >= 11 is 0. The molecule has 0 fully saturated rings. The van der Waals surface area contributed by atoms with E-state index in [9.17, 15) is 8.42 Å². The number of rotatable bonds is 4. The fourth-order valence-electron chi connectivity index (χ4n) is 3.07. The summed E-state index contributed by atoms with van der Waals surface area (Å²) in [6.45, 7) is 8.08. The maximum Gasteiger partial charge on any atom is 0.262 e. The first kappa shape index (κ1) is 20.0. The van der Waals surface area contributed by atoms with Gasteiger partial charge in [0.15, 0.2) is 5.82 Å². The summed E-state index contributed by atoms with van der Waals surface area (Å²) in [7, 11) is -3.83. The molecule has 30 heavy (non-hydrogen) atoms. The summed E-state index contributed by atoms with van der Waals surface area (Å²) in [6.07, 6.45) is 3.27. The zero-order chi connectivity index (χ0) is 21.5. The van der Waals surface area contributed by atoms with Gasteiger partial charge in [-0.05, 0) is 53.8 Å². The number of nitrogens with one attached hydrogen (secondary N) is 1. The van der Waals surface area contributed by atoms with Crippen molar-refractivity contribution in [3.63, 3.8) is 0 Å². The Morgan fingerprint density at radius 1 is 1.03 bits per heavy atom. The van der Waals surface area contributed by atoms with E-state index in [1.165, 1.54) is 4.68 Å². The lowest BCUT2D eigenvalue weighted by Crippen LogP contribution is -2.17. The standard InChI is InChI=1S/C21H22N6O2S/c1-14-12-17(20(23-13-14)27-18-6-5-11-22-19(18)24-26-27)25-30(28,29)16-9-7-15(8-10-16)21(2,3)4/h5-13,25H,1-4H3. The zero-order valence-corrected chi connectivity index (χ0v) is 18.0. The molecule has 0 unspecified atom stereocenters. The molecule has 9 heteroatoms. The van der Waals surface area contributed by atoms with Crippen molar-refractivity contribution >= 4 is 26.9 Å². The monoisotopic (exact) mass is 422 g/mol. The predicted molar refractivity (Wildman–Crippen MR) is 115 cm³/mol. The van der Waals surface area contributed by atoms with Crippen LogP contribution in [0.25, 0.3) is 17.0 Å². The summed E-state index contributed by atoms with van der Waals surface area (Å²) in [5.41, 5.74) is 3.19. The Morgan fingerprint density at radius 3 is 2.47 bits per heavy atom. The third kappa shape index (κ3) is 3.76. The molecule has 0 aliphatic heterocycles. The number of benzene rings is 1. The molecule has 3 aromatic heterocycles. The van der Waals surface area contributed by atoms with Gasteiger partial charge in [0.1, 0.15) is 5.52 Å². The number of fused-ring (bicyclic) bond motifs is 1. The van der Waals surface area contributed by atoms with Crippen LogP contribution in [0.3, 0.4) is 0 Å². The van der Waals surface area contributed by atoms with E-state index < -0.39 is 10.0 Å². The highest BCUT2D eigenvalue weighted by Crippen LogP contribution is 2.27. The molecule has 0 saturated heterocycles. The largest absolute Gasteiger partial charge is 0.276 e. The number of aryl methyl sites for hydroxylation is 1.